The topological polar surface area (TPSA) is 12.5 Å². The van der Waals surface area contributed by atoms with Gasteiger partial charge < -0.3 is 4.74 Å². The van der Waals surface area contributed by atoms with Crippen molar-refractivity contribution in [3.63, 3.8) is 0 Å². The van der Waals surface area contributed by atoms with E-state index in [9.17, 15) is 0 Å². The number of nitrogens with zero attached hydrogens (tertiary/aromatic N) is 1. The molecule has 0 saturated carbocycles. The van der Waals surface area contributed by atoms with Crippen LogP contribution in [0.4, 0.5) is 0 Å². The highest BCUT2D eigenvalue weighted by Gasteiger charge is 2.12. The molecule has 0 fully saturated rings. The normalized spacial score (nSPS) is 16.8. The lowest BCUT2D eigenvalue weighted by Crippen LogP contribution is -2.25. The molecular formula is C13H17NOS. The second-order valence-electron chi connectivity index (χ2n) is 3.85. The van der Waals surface area contributed by atoms with Crippen LogP contribution in [0, 0.1) is 0 Å². The molecule has 1 aliphatic rings. The van der Waals surface area contributed by atoms with Crippen LogP contribution in [0.2, 0.25) is 0 Å². The molecule has 3 heteroatoms. The Labute approximate surface area is 102 Å². The Kier molecular flexibility index (Phi) is 4.31. The molecule has 0 bridgehead atoms. The molecule has 0 saturated heterocycles. The zero-order valence-electron chi connectivity index (χ0n) is 9.30. The van der Waals surface area contributed by atoms with Crippen LogP contribution in [-0.4, -0.2) is 30.3 Å². The molecule has 1 aromatic carbocycles. The van der Waals surface area contributed by atoms with Crippen molar-refractivity contribution >= 4 is 12.6 Å². The molecule has 0 spiro atoms. The van der Waals surface area contributed by atoms with E-state index in [-0.39, 0.29) is 0 Å². The van der Waals surface area contributed by atoms with Gasteiger partial charge in [0.05, 0.1) is 0 Å². The minimum Gasteiger partial charge on any atom is -0.492 e. The van der Waals surface area contributed by atoms with E-state index in [2.05, 4.69) is 41.8 Å². The maximum atomic E-state index is 5.70. The first-order valence-electron chi connectivity index (χ1n) is 5.59. The monoisotopic (exact) mass is 235 g/mol. The number of benzene rings is 1. The molecule has 0 unspecified atom stereocenters. The summed E-state index contributed by atoms with van der Waals surface area (Å²) in [6.07, 6.45) is 4.25. The van der Waals surface area contributed by atoms with Crippen LogP contribution in [0.3, 0.4) is 0 Å². The van der Waals surface area contributed by atoms with Gasteiger partial charge in [-0.05, 0) is 6.07 Å². The first kappa shape index (κ1) is 11.6. The van der Waals surface area contributed by atoms with Crippen molar-refractivity contribution < 1.29 is 4.74 Å². The number of rotatable bonds is 3. The quantitative estimate of drug-likeness (QED) is 0.638. The summed E-state index contributed by atoms with van der Waals surface area (Å²) < 4.78 is 5.70. The van der Waals surface area contributed by atoms with Crippen molar-refractivity contribution in [2.75, 3.05) is 25.4 Å². The molecule has 0 amide bonds. The predicted octanol–water partition coefficient (Wildman–Crippen LogP) is 2.37. The fraction of sp³-hybridized carbons (Fsp3) is 0.385. The van der Waals surface area contributed by atoms with Crippen LogP contribution < -0.4 is 4.74 Å². The van der Waals surface area contributed by atoms with E-state index in [1.165, 1.54) is 5.56 Å². The van der Waals surface area contributed by atoms with Gasteiger partial charge in [-0.15, -0.1) is 0 Å². The Morgan fingerprint density at radius 3 is 3.06 bits per heavy atom. The first-order valence-corrected chi connectivity index (χ1v) is 6.22. The van der Waals surface area contributed by atoms with Crippen molar-refractivity contribution in [1.29, 1.82) is 0 Å². The van der Waals surface area contributed by atoms with E-state index < -0.39 is 0 Å². The highest BCUT2D eigenvalue weighted by Crippen LogP contribution is 2.22. The number of para-hydroxylation sites is 1. The van der Waals surface area contributed by atoms with Gasteiger partial charge in [-0.3, -0.25) is 4.90 Å². The standard InChI is InChI=1S/C13H17NOS/c16-10-4-3-7-14-8-9-15-13-6-2-1-5-12(13)11-14/h1-6,16H,7-11H2. The minimum atomic E-state index is 0.770. The number of thiol groups is 1. The maximum absolute atomic E-state index is 5.70. The average Bonchev–Trinajstić information content (AvgIpc) is 2.51. The molecule has 2 rings (SSSR count). The van der Waals surface area contributed by atoms with Crippen molar-refractivity contribution in [3.8, 4) is 5.75 Å². The van der Waals surface area contributed by atoms with Crippen LogP contribution in [0.15, 0.2) is 36.4 Å². The van der Waals surface area contributed by atoms with Crippen LogP contribution in [0.5, 0.6) is 5.75 Å². The first-order chi connectivity index (χ1) is 7.90. The minimum absolute atomic E-state index is 0.770. The summed E-state index contributed by atoms with van der Waals surface area (Å²) >= 11 is 4.15. The Hall–Kier alpha value is -0.930. The van der Waals surface area contributed by atoms with Crippen LogP contribution in [-0.2, 0) is 6.54 Å². The molecule has 0 N–H and O–H groups in total. The molecule has 0 atom stereocenters. The van der Waals surface area contributed by atoms with Gasteiger partial charge in [-0.1, -0.05) is 30.4 Å². The molecule has 1 aliphatic heterocycles. The van der Waals surface area contributed by atoms with Gasteiger partial charge in [0.15, 0.2) is 0 Å². The second kappa shape index (κ2) is 5.97. The Morgan fingerprint density at radius 1 is 1.31 bits per heavy atom. The molecule has 2 nitrogen and oxygen atoms in total. The zero-order chi connectivity index (χ0) is 11.2. The van der Waals surface area contributed by atoms with Gasteiger partial charge in [0.1, 0.15) is 12.4 Å². The molecule has 16 heavy (non-hydrogen) atoms. The fourth-order valence-corrected chi connectivity index (χ4v) is 1.98. The van der Waals surface area contributed by atoms with E-state index in [0.717, 1.165) is 37.7 Å². The fourth-order valence-electron chi connectivity index (χ4n) is 1.83. The lowest BCUT2D eigenvalue weighted by Gasteiger charge is -2.16. The van der Waals surface area contributed by atoms with Crippen LogP contribution >= 0.6 is 12.6 Å². The predicted molar refractivity (Wildman–Crippen MR) is 70.2 cm³/mol. The highest BCUT2D eigenvalue weighted by molar-refractivity contribution is 7.80. The SMILES string of the molecule is SCC=CCN1CCOc2ccccc2C1. The number of hydrogen-bond acceptors (Lipinski definition) is 3. The van der Waals surface area contributed by atoms with E-state index in [1.54, 1.807) is 0 Å². The third-order valence-electron chi connectivity index (χ3n) is 2.67. The largest absolute Gasteiger partial charge is 0.492 e. The molecule has 1 aromatic rings. The third-order valence-corrected chi connectivity index (χ3v) is 2.88. The summed E-state index contributed by atoms with van der Waals surface area (Å²) in [6, 6.07) is 8.27. The van der Waals surface area contributed by atoms with Gasteiger partial charge in [0.2, 0.25) is 0 Å². The van der Waals surface area contributed by atoms with E-state index >= 15 is 0 Å². The maximum Gasteiger partial charge on any atom is 0.123 e. The van der Waals surface area contributed by atoms with Gasteiger partial charge >= 0.3 is 0 Å². The van der Waals surface area contributed by atoms with Crippen molar-refractivity contribution in [2.45, 2.75) is 6.54 Å². The lowest BCUT2D eigenvalue weighted by atomic mass is 10.2. The molecule has 1 heterocycles. The van der Waals surface area contributed by atoms with Crippen LogP contribution in [0.1, 0.15) is 5.56 Å². The summed E-state index contributed by atoms with van der Waals surface area (Å²) in [5.41, 5.74) is 1.28. The summed E-state index contributed by atoms with van der Waals surface area (Å²) in [6.45, 7) is 3.68. The van der Waals surface area contributed by atoms with Crippen molar-refractivity contribution in [2.24, 2.45) is 0 Å². The average molecular weight is 235 g/mol. The summed E-state index contributed by atoms with van der Waals surface area (Å²) in [5, 5.41) is 0. The lowest BCUT2D eigenvalue weighted by molar-refractivity contribution is 0.242. The summed E-state index contributed by atoms with van der Waals surface area (Å²) in [5.74, 6) is 1.84. The Balaban J connectivity index is 2.02. The van der Waals surface area contributed by atoms with Crippen molar-refractivity contribution in [1.82, 2.24) is 4.90 Å². The van der Waals surface area contributed by atoms with Gasteiger partial charge in [0, 0.05) is 31.0 Å². The molecule has 86 valence electrons. The smallest absolute Gasteiger partial charge is 0.123 e. The van der Waals surface area contributed by atoms with Crippen molar-refractivity contribution in [3.05, 3.63) is 42.0 Å². The highest BCUT2D eigenvalue weighted by atomic mass is 32.1. The Bertz CT molecular complexity index is 365. The van der Waals surface area contributed by atoms with Gasteiger partial charge in [0.25, 0.3) is 0 Å². The van der Waals surface area contributed by atoms with E-state index in [4.69, 9.17) is 4.74 Å². The third kappa shape index (κ3) is 3.03. The van der Waals surface area contributed by atoms with Crippen LogP contribution in [0.25, 0.3) is 0 Å². The number of hydrogen-bond donors (Lipinski definition) is 1. The number of ether oxygens (including phenoxy) is 1. The van der Waals surface area contributed by atoms with E-state index in [0.29, 0.717) is 0 Å². The molecule has 0 aromatic heterocycles. The number of fused-ring (bicyclic) bond motifs is 1. The molecule has 0 radical (unpaired) electrons. The second-order valence-corrected chi connectivity index (χ2v) is 4.21. The van der Waals surface area contributed by atoms with Gasteiger partial charge in [-0.2, -0.15) is 12.6 Å². The van der Waals surface area contributed by atoms with E-state index in [1.807, 2.05) is 12.1 Å². The Morgan fingerprint density at radius 2 is 2.19 bits per heavy atom. The summed E-state index contributed by atoms with van der Waals surface area (Å²) in [7, 11) is 0. The molecular weight excluding hydrogens is 218 g/mol. The zero-order valence-corrected chi connectivity index (χ0v) is 10.2. The van der Waals surface area contributed by atoms with Gasteiger partial charge in [-0.25, -0.2) is 0 Å². The molecule has 0 aliphatic carbocycles. The summed E-state index contributed by atoms with van der Waals surface area (Å²) in [4.78, 5) is 2.38.